The molecule has 1 aliphatic rings. The summed E-state index contributed by atoms with van der Waals surface area (Å²) in [6.45, 7) is 0. The van der Waals surface area contributed by atoms with Crippen LogP contribution >= 0.6 is 50.9 Å². The van der Waals surface area contributed by atoms with E-state index in [4.69, 9.17) is 0 Å². The van der Waals surface area contributed by atoms with E-state index in [-0.39, 0.29) is 110 Å². The Labute approximate surface area is 139 Å². The van der Waals surface area contributed by atoms with Gasteiger partial charge >= 0.3 is 0 Å². The maximum Gasteiger partial charge on any atom is 0 e. The van der Waals surface area contributed by atoms with Gasteiger partial charge in [-0.15, -0.1) is 57.4 Å². The minimum atomic E-state index is 0. The molecule has 0 N–H and O–H groups in total. The van der Waals surface area contributed by atoms with E-state index in [0.717, 1.165) is 6.42 Å². The second-order valence-electron chi connectivity index (χ2n) is 1.00. The van der Waals surface area contributed by atoms with Gasteiger partial charge in [-0.1, -0.05) is 0 Å². The third kappa shape index (κ3) is 49.4. The van der Waals surface area contributed by atoms with Crippen molar-refractivity contribution in [1.82, 2.24) is 0 Å². The predicted molar refractivity (Wildman–Crippen MR) is 84.6 cm³/mol. The average Bonchev–Trinajstić information content (AvgIpc) is 1.76. The van der Waals surface area contributed by atoms with E-state index >= 15 is 0 Å². The van der Waals surface area contributed by atoms with E-state index in [1.54, 1.807) is 0 Å². The molecule has 94 valence electrons. The van der Waals surface area contributed by atoms with Gasteiger partial charge in [0.2, 0.25) is 0 Å². The maximum atomic E-state index is 2.99. The van der Waals surface area contributed by atoms with Gasteiger partial charge in [0, 0.05) is 21.7 Å². The Bertz CT molecular complexity index is 73.4. The average molecular weight is 431 g/mol. The fourth-order valence-corrected chi connectivity index (χ4v) is 0.340. The molecule has 0 saturated heterocycles. The number of hydrogen-bond donors (Lipinski definition) is 0. The predicted octanol–water partition coefficient (Wildman–Crippen LogP) is 5.29. The van der Waals surface area contributed by atoms with Gasteiger partial charge in [0.25, 0.3) is 0 Å². The van der Waals surface area contributed by atoms with Crippen LogP contribution in [0.2, 0.25) is 0 Å². The first-order chi connectivity index (χ1) is 2.50. The van der Waals surface area contributed by atoms with Crippen molar-refractivity contribution < 1.29 is 21.7 Å². The summed E-state index contributed by atoms with van der Waals surface area (Å²) in [5.41, 5.74) is 0. The largest absolute Gasteiger partial charge is 0.358 e. The summed E-state index contributed by atoms with van der Waals surface area (Å²) in [4.78, 5) is 0. The van der Waals surface area contributed by atoms with Crippen molar-refractivity contribution in [3.63, 3.8) is 0 Å². The molecule has 0 unspecified atom stereocenters. The fourth-order valence-electron chi connectivity index (χ4n) is 0.340. The standard InChI is InChI=1S/C5H5.5CH3.3BrH.Ti/c1-2-4-5-3-1;;;;;;;;;/h1-3H,4H2;5*1H3;3*1H;/q6*-1;;;;. The molecule has 1 rings (SSSR count). The van der Waals surface area contributed by atoms with Crippen LogP contribution in [-0.4, -0.2) is 0 Å². The molecule has 0 aliphatic heterocycles. The van der Waals surface area contributed by atoms with E-state index in [0.29, 0.717) is 0 Å². The molecule has 0 bridgehead atoms. The Balaban J connectivity index is -0.00000000397. The summed E-state index contributed by atoms with van der Waals surface area (Å²) in [6.07, 6.45) is 10.0. The number of rotatable bonds is 0. The first kappa shape index (κ1) is 76.1. The zero-order chi connectivity index (χ0) is 3.54. The van der Waals surface area contributed by atoms with E-state index in [9.17, 15) is 0 Å². The smallest absolute Gasteiger partial charge is 0 e. The third-order valence-corrected chi connectivity index (χ3v) is 0.586. The summed E-state index contributed by atoms with van der Waals surface area (Å²) in [7, 11) is 0. The van der Waals surface area contributed by atoms with Gasteiger partial charge < -0.3 is 37.1 Å². The SMILES string of the molecule is Br.Br.Br.[C-]1=CC=CC1.[CH3-].[CH3-].[CH3-].[CH3-].[CH3-].[Ti]. The van der Waals surface area contributed by atoms with Crippen LogP contribution in [0.4, 0.5) is 0 Å². The summed E-state index contributed by atoms with van der Waals surface area (Å²) < 4.78 is 0. The molecule has 0 nitrogen and oxygen atoms in total. The molecule has 0 heterocycles. The second kappa shape index (κ2) is 61.8. The topological polar surface area (TPSA) is 0 Å². The Kier molecular flexibility index (Phi) is 336. The minimum absolute atomic E-state index is 0. The molecule has 0 aromatic carbocycles. The molecule has 0 saturated carbocycles. The van der Waals surface area contributed by atoms with Gasteiger partial charge in [-0.05, 0) is 0 Å². The summed E-state index contributed by atoms with van der Waals surface area (Å²) >= 11 is 0. The minimum Gasteiger partial charge on any atom is -0.358 e. The van der Waals surface area contributed by atoms with Crippen LogP contribution in [0.3, 0.4) is 0 Å². The third-order valence-electron chi connectivity index (χ3n) is 0.586. The quantitative estimate of drug-likeness (QED) is 0.362. The van der Waals surface area contributed by atoms with Crippen molar-refractivity contribution in [2.75, 3.05) is 0 Å². The molecule has 0 atom stereocenters. The van der Waals surface area contributed by atoms with Gasteiger partial charge in [-0.3, -0.25) is 6.08 Å². The van der Waals surface area contributed by atoms with Gasteiger partial charge in [0.05, 0.1) is 0 Å². The fraction of sp³-hybridized carbons (Fsp3) is 0.100. The van der Waals surface area contributed by atoms with E-state index in [1.165, 1.54) is 0 Å². The van der Waals surface area contributed by atoms with Crippen molar-refractivity contribution in [3.05, 3.63) is 61.4 Å². The molecule has 0 aromatic rings. The van der Waals surface area contributed by atoms with Crippen molar-refractivity contribution in [3.8, 4) is 0 Å². The van der Waals surface area contributed by atoms with Crippen LogP contribution in [0, 0.1) is 43.2 Å². The Morgan fingerprint density at radius 1 is 0.786 bits per heavy atom. The Morgan fingerprint density at radius 3 is 1.21 bits per heavy atom. The molecule has 14 heavy (non-hydrogen) atoms. The molecule has 4 heteroatoms. The van der Waals surface area contributed by atoms with Gasteiger partial charge in [-0.2, -0.15) is 6.08 Å². The zero-order valence-electron chi connectivity index (χ0n) is 9.66. The monoisotopic (exact) mass is 428 g/mol. The first-order valence-corrected chi connectivity index (χ1v) is 1.72. The number of allylic oxidation sites excluding steroid dienone is 4. The Hall–Kier alpha value is 1.63. The van der Waals surface area contributed by atoms with Crippen LogP contribution in [-0.2, 0) is 21.7 Å². The van der Waals surface area contributed by atoms with E-state index in [1.807, 2.05) is 12.2 Å². The zero-order valence-corrected chi connectivity index (χ0v) is 16.4. The van der Waals surface area contributed by atoms with E-state index < -0.39 is 0 Å². The van der Waals surface area contributed by atoms with Gasteiger partial charge in [0.15, 0.2) is 0 Å². The summed E-state index contributed by atoms with van der Waals surface area (Å²) in [5.74, 6) is 0. The van der Waals surface area contributed by atoms with Crippen molar-refractivity contribution >= 4 is 50.9 Å². The van der Waals surface area contributed by atoms with Crippen molar-refractivity contribution in [2.24, 2.45) is 0 Å². The number of hydrogen-bond acceptors (Lipinski definition) is 0. The second-order valence-corrected chi connectivity index (χ2v) is 1.00. The van der Waals surface area contributed by atoms with E-state index in [2.05, 4.69) is 12.2 Å². The molecular formula is C10H23Br3Ti-6. The van der Waals surface area contributed by atoms with Crippen molar-refractivity contribution in [2.45, 2.75) is 6.42 Å². The molecule has 0 spiro atoms. The number of halogens is 3. The molecule has 0 amide bonds. The van der Waals surface area contributed by atoms with Crippen molar-refractivity contribution in [1.29, 1.82) is 0 Å². The summed E-state index contributed by atoms with van der Waals surface area (Å²) in [6, 6.07) is 0. The Morgan fingerprint density at radius 2 is 1.14 bits per heavy atom. The molecule has 0 fully saturated rings. The normalized spacial score (nSPS) is 6.29. The molecule has 0 radical (unpaired) electrons. The molecule has 0 aromatic heterocycles. The van der Waals surface area contributed by atoms with Gasteiger partial charge in [-0.25, -0.2) is 12.2 Å². The van der Waals surface area contributed by atoms with Crippen LogP contribution < -0.4 is 0 Å². The van der Waals surface area contributed by atoms with Crippen LogP contribution in [0.15, 0.2) is 18.2 Å². The first-order valence-electron chi connectivity index (χ1n) is 1.72. The van der Waals surface area contributed by atoms with Crippen LogP contribution in [0.1, 0.15) is 6.42 Å². The molecular weight excluding hydrogens is 408 g/mol. The maximum absolute atomic E-state index is 2.99. The molecule has 1 aliphatic carbocycles. The summed E-state index contributed by atoms with van der Waals surface area (Å²) in [5, 5.41) is 0. The van der Waals surface area contributed by atoms with Crippen LogP contribution in [0.25, 0.3) is 0 Å². The van der Waals surface area contributed by atoms with Gasteiger partial charge in [0.1, 0.15) is 0 Å². The van der Waals surface area contributed by atoms with Crippen LogP contribution in [0.5, 0.6) is 0 Å².